The number of rotatable bonds is 1. The lowest BCUT2D eigenvalue weighted by Crippen LogP contribution is -1.94. The van der Waals surface area contributed by atoms with Gasteiger partial charge in [0.1, 0.15) is 0 Å². The third-order valence-electron chi connectivity index (χ3n) is 5.66. The van der Waals surface area contributed by atoms with Crippen LogP contribution in [-0.2, 0) is 6.42 Å². The molecule has 1 heterocycles. The minimum atomic E-state index is 1.08. The molecular weight excluding hydrogens is 338 g/mol. The van der Waals surface area contributed by atoms with E-state index in [0.29, 0.717) is 0 Å². The molecule has 1 heteroatoms. The summed E-state index contributed by atoms with van der Waals surface area (Å²) >= 11 is 0. The molecule has 0 fully saturated rings. The SMILES string of the molecule is C=C1/C=C\C=C/CCCc2ccc(-c3ccc4[nH]c5ccccc5c4c3)cc21. The first-order chi connectivity index (χ1) is 13.8. The number of nitrogens with one attached hydrogen (secondary N) is 1. The fraction of sp³-hybridized carbons (Fsp3) is 0.111. The van der Waals surface area contributed by atoms with Crippen molar-refractivity contribution < 1.29 is 0 Å². The predicted octanol–water partition coefficient (Wildman–Crippen LogP) is 7.45. The monoisotopic (exact) mass is 361 g/mol. The Balaban J connectivity index is 1.63. The van der Waals surface area contributed by atoms with E-state index in [-0.39, 0.29) is 0 Å². The second kappa shape index (κ2) is 7.01. The highest BCUT2D eigenvalue weighted by atomic mass is 14.7. The molecule has 0 aliphatic heterocycles. The zero-order chi connectivity index (χ0) is 18.9. The molecule has 4 aromatic rings. The van der Waals surface area contributed by atoms with Crippen molar-refractivity contribution in [3.63, 3.8) is 0 Å². The first-order valence-corrected chi connectivity index (χ1v) is 9.96. The predicted molar refractivity (Wildman–Crippen MR) is 121 cm³/mol. The van der Waals surface area contributed by atoms with Crippen LogP contribution in [0.4, 0.5) is 0 Å². The van der Waals surface area contributed by atoms with Gasteiger partial charge in [0.15, 0.2) is 0 Å². The van der Waals surface area contributed by atoms with Gasteiger partial charge < -0.3 is 4.98 Å². The van der Waals surface area contributed by atoms with Gasteiger partial charge in [0.2, 0.25) is 0 Å². The van der Waals surface area contributed by atoms with Crippen LogP contribution in [0.2, 0.25) is 0 Å². The van der Waals surface area contributed by atoms with Crippen LogP contribution in [0.5, 0.6) is 0 Å². The number of allylic oxidation sites excluding steroid dienone is 5. The van der Waals surface area contributed by atoms with Crippen molar-refractivity contribution in [3.8, 4) is 11.1 Å². The summed E-state index contributed by atoms with van der Waals surface area (Å²) in [5.74, 6) is 0. The maximum atomic E-state index is 4.32. The lowest BCUT2D eigenvalue weighted by Gasteiger charge is -2.13. The molecule has 1 N–H and O–H groups in total. The van der Waals surface area contributed by atoms with Crippen LogP contribution in [0, 0.1) is 0 Å². The number of aryl methyl sites for hydroxylation is 1. The fourth-order valence-electron chi connectivity index (χ4n) is 4.15. The Kier molecular flexibility index (Phi) is 4.21. The van der Waals surface area contributed by atoms with Crippen molar-refractivity contribution in [2.45, 2.75) is 19.3 Å². The summed E-state index contributed by atoms with van der Waals surface area (Å²) < 4.78 is 0. The maximum Gasteiger partial charge on any atom is 0.0465 e. The van der Waals surface area contributed by atoms with Gasteiger partial charge in [0.25, 0.3) is 0 Å². The highest BCUT2D eigenvalue weighted by Gasteiger charge is 2.10. The van der Waals surface area contributed by atoms with Gasteiger partial charge in [0.05, 0.1) is 0 Å². The van der Waals surface area contributed by atoms with Gasteiger partial charge in [-0.15, -0.1) is 0 Å². The zero-order valence-corrected chi connectivity index (χ0v) is 15.9. The first kappa shape index (κ1) is 16.8. The number of H-pyrrole nitrogens is 1. The van der Waals surface area contributed by atoms with Gasteiger partial charge in [-0.25, -0.2) is 0 Å². The Hall–Kier alpha value is -3.32. The quantitative estimate of drug-likeness (QED) is 0.362. The first-order valence-electron chi connectivity index (χ1n) is 9.96. The standard InChI is InChI=1S/C27H23N/c1-19-9-5-3-2-4-6-10-20-13-14-21(17-24(19)20)22-15-16-27-25(18-22)23-11-7-8-12-26(23)28-27/h2-3,5,7-9,11-18,28H,1,4,6,10H2/b3-2-,9-5-. The zero-order valence-electron chi connectivity index (χ0n) is 15.9. The molecular formula is C27H23N. The molecule has 3 aromatic carbocycles. The second-order valence-electron chi connectivity index (χ2n) is 7.51. The molecule has 1 aliphatic carbocycles. The normalized spacial score (nSPS) is 16.8. The lowest BCUT2D eigenvalue weighted by atomic mass is 9.91. The second-order valence-corrected chi connectivity index (χ2v) is 7.51. The molecule has 1 aliphatic rings. The number of benzene rings is 3. The van der Waals surface area contributed by atoms with Crippen LogP contribution >= 0.6 is 0 Å². The summed E-state index contributed by atoms with van der Waals surface area (Å²) in [5.41, 5.74) is 8.60. The highest BCUT2D eigenvalue weighted by molar-refractivity contribution is 6.08. The van der Waals surface area contributed by atoms with Crippen LogP contribution < -0.4 is 0 Å². The molecule has 136 valence electrons. The summed E-state index contributed by atoms with van der Waals surface area (Å²) in [7, 11) is 0. The van der Waals surface area contributed by atoms with Crippen molar-refractivity contribution in [3.05, 3.63) is 103 Å². The minimum Gasteiger partial charge on any atom is -0.355 e. The van der Waals surface area contributed by atoms with E-state index in [1.807, 2.05) is 0 Å². The van der Waals surface area contributed by atoms with E-state index in [1.54, 1.807) is 0 Å². The molecule has 0 unspecified atom stereocenters. The molecule has 0 saturated carbocycles. The summed E-state index contributed by atoms with van der Waals surface area (Å²) in [4.78, 5) is 3.51. The van der Waals surface area contributed by atoms with Crippen molar-refractivity contribution in [1.82, 2.24) is 4.98 Å². The Morgan fingerprint density at radius 1 is 0.786 bits per heavy atom. The summed E-state index contributed by atoms with van der Waals surface area (Å²) in [6.07, 6.45) is 12.0. The minimum absolute atomic E-state index is 1.08. The number of para-hydroxylation sites is 1. The maximum absolute atomic E-state index is 4.32. The van der Waals surface area contributed by atoms with Gasteiger partial charge in [-0.3, -0.25) is 0 Å². The topological polar surface area (TPSA) is 15.8 Å². The van der Waals surface area contributed by atoms with E-state index in [4.69, 9.17) is 0 Å². The van der Waals surface area contributed by atoms with Crippen molar-refractivity contribution >= 4 is 27.4 Å². The van der Waals surface area contributed by atoms with Gasteiger partial charge in [0, 0.05) is 21.8 Å². The number of aromatic nitrogens is 1. The fourth-order valence-corrected chi connectivity index (χ4v) is 4.15. The number of aromatic amines is 1. The summed E-state index contributed by atoms with van der Waals surface area (Å²) in [5, 5.41) is 2.55. The van der Waals surface area contributed by atoms with Crippen molar-refractivity contribution in [2.75, 3.05) is 0 Å². The lowest BCUT2D eigenvalue weighted by molar-refractivity contribution is 0.841. The van der Waals surface area contributed by atoms with Crippen molar-refractivity contribution in [1.29, 1.82) is 0 Å². The number of hydrogen-bond donors (Lipinski definition) is 1. The van der Waals surface area contributed by atoms with E-state index in [1.165, 1.54) is 50.5 Å². The van der Waals surface area contributed by atoms with Crippen LogP contribution in [-0.4, -0.2) is 4.98 Å². The molecule has 28 heavy (non-hydrogen) atoms. The van der Waals surface area contributed by atoms with E-state index in [2.05, 4.69) is 96.5 Å². The van der Waals surface area contributed by atoms with E-state index < -0.39 is 0 Å². The third kappa shape index (κ3) is 2.99. The van der Waals surface area contributed by atoms with Crippen LogP contribution in [0.15, 0.2) is 91.5 Å². The molecule has 0 radical (unpaired) electrons. The third-order valence-corrected chi connectivity index (χ3v) is 5.66. The van der Waals surface area contributed by atoms with Gasteiger partial charge >= 0.3 is 0 Å². The molecule has 0 bridgehead atoms. The van der Waals surface area contributed by atoms with Crippen molar-refractivity contribution in [2.24, 2.45) is 0 Å². The van der Waals surface area contributed by atoms with E-state index in [9.17, 15) is 0 Å². The summed E-state index contributed by atoms with van der Waals surface area (Å²) in [6, 6.07) is 22.1. The molecule has 1 aromatic heterocycles. The van der Waals surface area contributed by atoms with Crippen LogP contribution in [0.1, 0.15) is 24.0 Å². The van der Waals surface area contributed by atoms with Crippen LogP contribution in [0.25, 0.3) is 38.5 Å². The smallest absolute Gasteiger partial charge is 0.0465 e. The Morgan fingerprint density at radius 3 is 2.57 bits per heavy atom. The molecule has 1 nitrogen and oxygen atoms in total. The summed E-state index contributed by atoms with van der Waals surface area (Å²) in [6.45, 7) is 4.32. The van der Waals surface area contributed by atoms with Gasteiger partial charge in [-0.1, -0.05) is 67.3 Å². The molecule has 0 atom stereocenters. The van der Waals surface area contributed by atoms with Gasteiger partial charge in [-0.05, 0) is 71.4 Å². The van der Waals surface area contributed by atoms with E-state index in [0.717, 1.165) is 18.4 Å². The number of fused-ring (bicyclic) bond motifs is 4. The molecule has 0 amide bonds. The molecule has 0 spiro atoms. The van der Waals surface area contributed by atoms with Gasteiger partial charge in [-0.2, -0.15) is 0 Å². The average molecular weight is 361 g/mol. The van der Waals surface area contributed by atoms with E-state index >= 15 is 0 Å². The average Bonchev–Trinajstić information content (AvgIpc) is 3.11. The Labute approximate surface area is 165 Å². The largest absolute Gasteiger partial charge is 0.355 e. The highest BCUT2D eigenvalue weighted by Crippen LogP contribution is 2.32. The Morgan fingerprint density at radius 2 is 1.61 bits per heavy atom. The van der Waals surface area contributed by atoms with Crippen LogP contribution in [0.3, 0.4) is 0 Å². The Bertz CT molecular complexity index is 1250. The molecule has 5 rings (SSSR count). The number of hydrogen-bond acceptors (Lipinski definition) is 0. The molecule has 0 saturated heterocycles.